The monoisotopic (exact) mass is 290 g/mol. The average Bonchev–Trinajstić information content (AvgIpc) is 2.50. The summed E-state index contributed by atoms with van der Waals surface area (Å²) >= 11 is 0. The van der Waals surface area contributed by atoms with Gasteiger partial charge in [0, 0.05) is 25.4 Å². The fourth-order valence-corrected chi connectivity index (χ4v) is 2.55. The molecule has 1 aliphatic rings. The van der Waals surface area contributed by atoms with E-state index in [9.17, 15) is 9.59 Å². The minimum Gasteiger partial charge on any atom is -0.464 e. The Morgan fingerprint density at radius 3 is 2.86 bits per heavy atom. The molecule has 0 aliphatic carbocycles. The zero-order valence-corrected chi connectivity index (χ0v) is 12.3. The van der Waals surface area contributed by atoms with Gasteiger partial charge in [0.05, 0.1) is 6.61 Å². The molecule has 2 unspecified atom stereocenters. The number of hydrogen-bond donors (Lipinski definition) is 2. The first kappa shape index (κ1) is 15.5. The molecule has 1 aromatic rings. The van der Waals surface area contributed by atoms with Crippen LogP contribution in [0.3, 0.4) is 0 Å². The third-order valence-corrected chi connectivity index (χ3v) is 3.65. The van der Waals surface area contributed by atoms with Crippen molar-refractivity contribution in [1.82, 2.24) is 10.6 Å². The molecule has 114 valence electrons. The van der Waals surface area contributed by atoms with Gasteiger partial charge in [0.2, 0.25) is 5.91 Å². The lowest BCUT2D eigenvalue weighted by Gasteiger charge is -2.30. The maximum absolute atomic E-state index is 11.9. The van der Waals surface area contributed by atoms with Crippen molar-refractivity contribution in [1.29, 1.82) is 0 Å². The first-order chi connectivity index (χ1) is 10.2. The fourth-order valence-electron chi connectivity index (χ4n) is 2.55. The van der Waals surface area contributed by atoms with E-state index < -0.39 is 6.04 Å². The third kappa shape index (κ3) is 4.56. The molecule has 0 spiro atoms. The maximum Gasteiger partial charge on any atom is 0.328 e. The van der Waals surface area contributed by atoms with Crippen LogP contribution in [0.15, 0.2) is 30.3 Å². The van der Waals surface area contributed by atoms with Gasteiger partial charge < -0.3 is 15.4 Å². The van der Waals surface area contributed by atoms with E-state index in [-0.39, 0.29) is 17.8 Å². The molecular weight excluding hydrogens is 268 g/mol. The molecule has 5 nitrogen and oxygen atoms in total. The normalized spacial score (nSPS) is 21.7. The van der Waals surface area contributed by atoms with Gasteiger partial charge in [-0.15, -0.1) is 0 Å². The molecule has 0 aromatic heterocycles. The lowest BCUT2D eigenvalue weighted by atomic mass is 9.90. The van der Waals surface area contributed by atoms with Crippen molar-refractivity contribution in [3.63, 3.8) is 0 Å². The lowest BCUT2D eigenvalue weighted by Crippen LogP contribution is -2.53. The topological polar surface area (TPSA) is 67.4 Å². The zero-order chi connectivity index (χ0) is 15.1. The van der Waals surface area contributed by atoms with E-state index in [1.807, 2.05) is 18.2 Å². The molecule has 1 saturated heterocycles. The number of hydrogen-bond acceptors (Lipinski definition) is 4. The summed E-state index contributed by atoms with van der Waals surface area (Å²) < 4.78 is 5.04. The Morgan fingerprint density at radius 1 is 1.38 bits per heavy atom. The van der Waals surface area contributed by atoms with Crippen LogP contribution in [0.4, 0.5) is 0 Å². The molecule has 1 heterocycles. The van der Waals surface area contributed by atoms with Crippen molar-refractivity contribution in [2.24, 2.45) is 5.92 Å². The number of ether oxygens (including phenoxy) is 1. The highest BCUT2D eigenvalue weighted by atomic mass is 16.5. The van der Waals surface area contributed by atoms with Gasteiger partial charge in [-0.25, -0.2) is 4.79 Å². The largest absolute Gasteiger partial charge is 0.464 e. The number of nitrogens with one attached hydrogen (secondary N) is 2. The molecule has 5 heteroatoms. The van der Waals surface area contributed by atoms with Crippen molar-refractivity contribution in [2.75, 3.05) is 13.2 Å². The zero-order valence-electron chi connectivity index (χ0n) is 12.3. The third-order valence-electron chi connectivity index (χ3n) is 3.65. The highest BCUT2D eigenvalue weighted by Crippen LogP contribution is 2.18. The van der Waals surface area contributed by atoms with Crippen molar-refractivity contribution < 1.29 is 14.3 Å². The summed E-state index contributed by atoms with van der Waals surface area (Å²) in [4.78, 5) is 23.4. The van der Waals surface area contributed by atoms with Gasteiger partial charge in [0.1, 0.15) is 6.04 Å². The minimum atomic E-state index is -0.533. The Kier molecular flexibility index (Phi) is 5.75. The van der Waals surface area contributed by atoms with Crippen molar-refractivity contribution in [3.8, 4) is 0 Å². The van der Waals surface area contributed by atoms with Crippen molar-refractivity contribution >= 4 is 11.9 Å². The quantitative estimate of drug-likeness (QED) is 0.773. The van der Waals surface area contributed by atoms with Gasteiger partial charge in [-0.1, -0.05) is 30.3 Å². The SMILES string of the molecule is CCOC(=O)C1NC(=O)CCC1CNCc1ccccc1. The second kappa shape index (κ2) is 7.78. The van der Waals surface area contributed by atoms with E-state index in [0.29, 0.717) is 26.0 Å². The smallest absolute Gasteiger partial charge is 0.328 e. The number of piperidine rings is 1. The van der Waals surface area contributed by atoms with E-state index >= 15 is 0 Å². The molecule has 2 atom stereocenters. The maximum atomic E-state index is 11.9. The fraction of sp³-hybridized carbons (Fsp3) is 0.500. The highest BCUT2D eigenvalue weighted by Gasteiger charge is 2.34. The van der Waals surface area contributed by atoms with Crippen LogP contribution in [-0.2, 0) is 20.9 Å². The predicted molar refractivity (Wildman–Crippen MR) is 79.4 cm³/mol. The number of esters is 1. The molecule has 2 rings (SSSR count). The standard InChI is InChI=1S/C16H22N2O3/c1-2-21-16(20)15-13(8-9-14(19)18-15)11-17-10-12-6-4-3-5-7-12/h3-7,13,15,17H,2,8-11H2,1H3,(H,18,19). The Hall–Kier alpha value is -1.88. The summed E-state index contributed by atoms with van der Waals surface area (Å²) in [6.07, 6.45) is 1.17. The van der Waals surface area contributed by atoms with Crippen LogP contribution in [0.1, 0.15) is 25.3 Å². The Bertz CT molecular complexity index is 476. The molecule has 1 fully saturated rings. The molecule has 0 saturated carbocycles. The first-order valence-electron chi connectivity index (χ1n) is 7.41. The predicted octanol–water partition coefficient (Wildman–Crippen LogP) is 1.23. The van der Waals surface area contributed by atoms with E-state index in [1.165, 1.54) is 5.56 Å². The molecule has 21 heavy (non-hydrogen) atoms. The lowest BCUT2D eigenvalue weighted by molar-refractivity contribution is -0.150. The van der Waals surface area contributed by atoms with Crippen LogP contribution in [0.5, 0.6) is 0 Å². The van der Waals surface area contributed by atoms with Crippen LogP contribution in [0, 0.1) is 5.92 Å². The molecule has 0 radical (unpaired) electrons. The van der Waals surface area contributed by atoms with Gasteiger partial charge in [0.15, 0.2) is 0 Å². The van der Waals surface area contributed by atoms with Crippen LogP contribution >= 0.6 is 0 Å². The number of carbonyl (C=O) groups excluding carboxylic acids is 2. The van der Waals surface area contributed by atoms with Gasteiger partial charge in [0.25, 0.3) is 0 Å². The van der Waals surface area contributed by atoms with Gasteiger partial charge in [-0.05, 0) is 18.9 Å². The number of amides is 1. The highest BCUT2D eigenvalue weighted by molar-refractivity contribution is 5.86. The number of benzene rings is 1. The minimum absolute atomic E-state index is 0.0745. The van der Waals surface area contributed by atoms with Crippen LogP contribution in [-0.4, -0.2) is 31.1 Å². The number of rotatable bonds is 6. The summed E-state index contributed by atoms with van der Waals surface area (Å²) in [7, 11) is 0. The van der Waals surface area contributed by atoms with E-state index in [0.717, 1.165) is 6.54 Å². The number of carbonyl (C=O) groups is 2. The summed E-state index contributed by atoms with van der Waals surface area (Å²) in [5, 5.41) is 6.10. The summed E-state index contributed by atoms with van der Waals surface area (Å²) in [5.74, 6) is -0.338. The molecule has 1 amide bonds. The summed E-state index contributed by atoms with van der Waals surface area (Å²) in [5.41, 5.74) is 1.20. The molecule has 1 aromatic carbocycles. The summed E-state index contributed by atoms with van der Waals surface area (Å²) in [6, 6.07) is 9.56. The van der Waals surface area contributed by atoms with E-state index in [1.54, 1.807) is 6.92 Å². The van der Waals surface area contributed by atoms with Crippen molar-refractivity contribution in [3.05, 3.63) is 35.9 Å². The Balaban J connectivity index is 1.87. The second-order valence-corrected chi connectivity index (χ2v) is 5.21. The van der Waals surface area contributed by atoms with Gasteiger partial charge in [-0.2, -0.15) is 0 Å². The Morgan fingerprint density at radius 2 is 2.14 bits per heavy atom. The van der Waals surface area contributed by atoms with Crippen LogP contribution in [0.25, 0.3) is 0 Å². The van der Waals surface area contributed by atoms with Crippen molar-refractivity contribution in [2.45, 2.75) is 32.4 Å². The van der Waals surface area contributed by atoms with Gasteiger partial charge in [-0.3, -0.25) is 4.79 Å². The van der Waals surface area contributed by atoms with Crippen LogP contribution in [0.2, 0.25) is 0 Å². The molecule has 1 aliphatic heterocycles. The Labute approximate surface area is 125 Å². The first-order valence-corrected chi connectivity index (χ1v) is 7.41. The molecule has 0 bridgehead atoms. The van der Waals surface area contributed by atoms with E-state index in [2.05, 4.69) is 22.8 Å². The van der Waals surface area contributed by atoms with E-state index in [4.69, 9.17) is 4.74 Å². The average molecular weight is 290 g/mol. The second-order valence-electron chi connectivity index (χ2n) is 5.21. The van der Waals surface area contributed by atoms with Gasteiger partial charge >= 0.3 is 5.97 Å². The summed E-state index contributed by atoms with van der Waals surface area (Å²) in [6.45, 7) is 3.53. The van der Waals surface area contributed by atoms with Crippen LogP contribution < -0.4 is 10.6 Å². The molecular formula is C16H22N2O3. The molecule has 2 N–H and O–H groups in total.